The van der Waals surface area contributed by atoms with Crippen LogP contribution in [-0.2, 0) is 4.74 Å². The maximum absolute atomic E-state index is 5.65. The van der Waals surface area contributed by atoms with E-state index in [-0.39, 0.29) is 12.2 Å². The normalized spacial score (nSPS) is 27.7. The topological polar surface area (TPSA) is 38.2 Å². The van der Waals surface area contributed by atoms with Crippen molar-refractivity contribution in [3.05, 3.63) is 18.3 Å². The lowest BCUT2D eigenvalue weighted by Gasteiger charge is -2.35. The van der Waals surface area contributed by atoms with Gasteiger partial charge in [0.05, 0.1) is 12.2 Å². The first-order valence-corrected chi connectivity index (χ1v) is 4.94. The Morgan fingerprint density at radius 3 is 2.64 bits per heavy atom. The van der Waals surface area contributed by atoms with Crippen LogP contribution >= 0.6 is 0 Å². The SMILES string of the molecule is CC1CN(c2cccnn2)CC(C)O1. The first kappa shape index (κ1) is 9.40. The number of ether oxygens (including phenoxy) is 1. The maximum atomic E-state index is 5.65. The molecule has 2 atom stereocenters. The first-order chi connectivity index (χ1) is 6.75. The second kappa shape index (κ2) is 3.92. The Labute approximate surface area is 83.9 Å². The zero-order chi connectivity index (χ0) is 9.97. The molecule has 2 rings (SSSR count). The van der Waals surface area contributed by atoms with Crippen LogP contribution in [0.25, 0.3) is 0 Å². The minimum absolute atomic E-state index is 0.265. The summed E-state index contributed by atoms with van der Waals surface area (Å²) in [4.78, 5) is 2.21. The van der Waals surface area contributed by atoms with Crippen molar-refractivity contribution in [1.29, 1.82) is 0 Å². The number of rotatable bonds is 1. The van der Waals surface area contributed by atoms with Crippen LogP contribution in [0, 0.1) is 0 Å². The smallest absolute Gasteiger partial charge is 0.151 e. The molecule has 4 heteroatoms. The second-order valence-electron chi connectivity index (χ2n) is 3.74. The van der Waals surface area contributed by atoms with E-state index in [2.05, 4.69) is 28.9 Å². The molecule has 0 aromatic carbocycles. The van der Waals surface area contributed by atoms with Crippen molar-refractivity contribution in [1.82, 2.24) is 10.2 Å². The molecule has 0 N–H and O–H groups in total. The number of hydrogen-bond donors (Lipinski definition) is 0. The largest absolute Gasteiger partial charge is 0.372 e. The van der Waals surface area contributed by atoms with E-state index < -0.39 is 0 Å². The summed E-state index contributed by atoms with van der Waals surface area (Å²) in [5, 5.41) is 7.97. The van der Waals surface area contributed by atoms with Gasteiger partial charge in [-0.05, 0) is 26.0 Å². The lowest BCUT2D eigenvalue weighted by Crippen LogP contribution is -2.45. The van der Waals surface area contributed by atoms with Gasteiger partial charge in [-0.25, -0.2) is 0 Å². The van der Waals surface area contributed by atoms with Crippen molar-refractivity contribution < 1.29 is 4.74 Å². The lowest BCUT2D eigenvalue weighted by molar-refractivity contribution is -0.00550. The van der Waals surface area contributed by atoms with Gasteiger partial charge >= 0.3 is 0 Å². The average molecular weight is 193 g/mol. The molecular weight excluding hydrogens is 178 g/mol. The number of hydrogen-bond acceptors (Lipinski definition) is 4. The molecule has 0 bridgehead atoms. The van der Waals surface area contributed by atoms with Gasteiger partial charge in [-0.3, -0.25) is 0 Å². The Balaban J connectivity index is 2.11. The summed E-state index contributed by atoms with van der Waals surface area (Å²) in [5.74, 6) is 0.939. The van der Waals surface area contributed by atoms with E-state index in [1.807, 2.05) is 12.1 Å². The summed E-state index contributed by atoms with van der Waals surface area (Å²) in [6.07, 6.45) is 2.22. The molecule has 1 aliphatic rings. The van der Waals surface area contributed by atoms with Crippen LogP contribution in [0.3, 0.4) is 0 Å². The van der Waals surface area contributed by atoms with Crippen LogP contribution in [0.1, 0.15) is 13.8 Å². The van der Waals surface area contributed by atoms with Gasteiger partial charge in [0.2, 0.25) is 0 Å². The van der Waals surface area contributed by atoms with Crippen molar-refractivity contribution in [2.45, 2.75) is 26.1 Å². The van der Waals surface area contributed by atoms with Gasteiger partial charge in [-0.2, -0.15) is 5.10 Å². The molecule has 0 saturated carbocycles. The Hall–Kier alpha value is -1.16. The number of nitrogens with zero attached hydrogens (tertiary/aromatic N) is 3. The molecule has 2 heterocycles. The van der Waals surface area contributed by atoms with E-state index in [4.69, 9.17) is 4.74 Å². The fourth-order valence-corrected chi connectivity index (χ4v) is 1.83. The molecule has 0 amide bonds. The minimum Gasteiger partial charge on any atom is -0.372 e. The van der Waals surface area contributed by atoms with Gasteiger partial charge in [0, 0.05) is 19.3 Å². The van der Waals surface area contributed by atoms with Crippen LogP contribution in [0.15, 0.2) is 18.3 Å². The molecule has 0 aliphatic carbocycles. The van der Waals surface area contributed by atoms with E-state index in [0.29, 0.717) is 0 Å². The van der Waals surface area contributed by atoms with Crippen LogP contribution in [0.4, 0.5) is 5.82 Å². The summed E-state index contributed by atoms with van der Waals surface area (Å²) < 4.78 is 5.65. The third-order valence-electron chi connectivity index (χ3n) is 2.30. The van der Waals surface area contributed by atoms with Gasteiger partial charge < -0.3 is 9.64 Å². The highest BCUT2D eigenvalue weighted by atomic mass is 16.5. The average Bonchev–Trinajstić information content (AvgIpc) is 2.18. The second-order valence-corrected chi connectivity index (χ2v) is 3.74. The van der Waals surface area contributed by atoms with Crippen LogP contribution in [-0.4, -0.2) is 35.5 Å². The van der Waals surface area contributed by atoms with Gasteiger partial charge in [0.15, 0.2) is 5.82 Å². The van der Waals surface area contributed by atoms with Crippen LogP contribution in [0.2, 0.25) is 0 Å². The molecule has 14 heavy (non-hydrogen) atoms. The first-order valence-electron chi connectivity index (χ1n) is 4.94. The highest BCUT2D eigenvalue weighted by Gasteiger charge is 2.22. The van der Waals surface area contributed by atoms with E-state index in [0.717, 1.165) is 18.9 Å². The van der Waals surface area contributed by atoms with E-state index in [9.17, 15) is 0 Å². The molecule has 1 fully saturated rings. The van der Waals surface area contributed by atoms with Crippen molar-refractivity contribution in [2.24, 2.45) is 0 Å². The highest BCUT2D eigenvalue weighted by Crippen LogP contribution is 2.16. The summed E-state index contributed by atoms with van der Waals surface area (Å²) in [6, 6.07) is 3.89. The van der Waals surface area contributed by atoms with E-state index in [1.54, 1.807) is 6.20 Å². The molecule has 2 unspecified atom stereocenters. The zero-order valence-corrected chi connectivity index (χ0v) is 8.55. The molecular formula is C10H15N3O. The third kappa shape index (κ3) is 2.01. The molecule has 0 spiro atoms. The van der Waals surface area contributed by atoms with Crippen molar-refractivity contribution in [3.63, 3.8) is 0 Å². The van der Waals surface area contributed by atoms with E-state index in [1.165, 1.54) is 0 Å². The zero-order valence-electron chi connectivity index (χ0n) is 8.55. The molecule has 4 nitrogen and oxygen atoms in total. The molecule has 0 radical (unpaired) electrons. The standard InChI is InChI=1S/C10H15N3O/c1-8-6-13(7-9(2)14-8)10-4-3-5-11-12-10/h3-5,8-9H,6-7H2,1-2H3. The van der Waals surface area contributed by atoms with Crippen molar-refractivity contribution >= 4 is 5.82 Å². The summed E-state index contributed by atoms with van der Waals surface area (Å²) in [7, 11) is 0. The van der Waals surface area contributed by atoms with Crippen molar-refractivity contribution in [2.75, 3.05) is 18.0 Å². The number of morpholine rings is 1. The summed E-state index contributed by atoms with van der Waals surface area (Å²) in [5.41, 5.74) is 0. The predicted octanol–water partition coefficient (Wildman–Crippen LogP) is 1.09. The minimum atomic E-state index is 0.265. The number of aromatic nitrogens is 2. The fraction of sp³-hybridized carbons (Fsp3) is 0.600. The van der Waals surface area contributed by atoms with E-state index >= 15 is 0 Å². The Bertz CT molecular complexity index is 281. The molecule has 1 aliphatic heterocycles. The van der Waals surface area contributed by atoms with Gasteiger partial charge in [0.25, 0.3) is 0 Å². The van der Waals surface area contributed by atoms with Gasteiger partial charge in [-0.15, -0.1) is 5.10 Å². The lowest BCUT2D eigenvalue weighted by atomic mass is 10.2. The predicted molar refractivity (Wildman–Crippen MR) is 54.3 cm³/mol. The summed E-state index contributed by atoms with van der Waals surface area (Å²) in [6.45, 7) is 5.95. The Morgan fingerprint density at radius 1 is 1.36 bits per heavy atom. The fourth-order valence-electron chi connectivity index (χ4n) is 1.83. The third-order valence-corrected chi connectivity index (χ3v) is 2.30. The quantitative estimate of drug-likeness (QED) is 0.669. The number of anilines is 1. The van der Waals surface area contributed by atoms with Gasteiger partial charge in [0.1, 0.15) is 0 Å². The van der Waals surface area contributed by atoms with Crippen LogP contribution < -0.4 is 4.90 Å². The maximum Gasteiger partial charge on any atom is 0.151 e. The molecule has 76 valence electrons. The highest BCUT2D eigenvalue weighted by molar-refractivity contribution is 5.37. The monoisotopic (exact) mass is 193 g/mol. The van der Waals surface area contributed by atoms with Gasteiger partial charge in [-0.1, -0.05) is 0 Å². The van der Waals surface area contributed by atoms with Crippen LogP contribution in [0.5, 0.6) is 0 Å². The van der Waals surface area contributed by atoms with Crippen molar-refractivity contribution in [3.8, 4) is 0 Å². The molecule has 1 aromatic heterocycles. The molecule has 1 saturated heterocycles. The Morgan fingerprint density at radius 2 is 2.07 bits per heavy atom. The Kier molecular flexibility index (Phi) is 2.63. The summed E-state index contributed by atoms with van der Waals surface area (Å²) >= 11 is 0. The molecule has 1 aromatic rings.